The Bertz CT molecular complexity index is 1130. The van der Waals surface area contributed by atoms with Crippen molar-refractivity contribution < 1.29 is 23.8 Å². The van der Waals surface area contributed by atoms with Crippen molar-refractivity contribution in [3.63, 3.8) is 0 Å². The van der Waals surface area contributed by atoms with Gasteiger partial charge in [0.15, 0.2) is 23.1 Å². The van der Waals surface area contributed by atoms with Gasteiger partial charge in [-0.1, -0.05) is 41.5 Å². The lowest BCUT2D eigenvalue weighted by molar-refractivity contribution is 0.0962. The number of hydrogen-bond acceptors (Lipinski definition) is 5. The highest BCUT2D eigenvalue weighted by Crippen LogP contribution is 2.41. The number of fused-ring (bicyclic) bond motifs is 1. The van der Waals surface area contributed by atoms with Crippen molar-refractivity contribution in [3.05, 3.63) is 51.8 Å². The van der Waals surface area contributed by atoms with Gasteiger partial charge in [-0.15, -0.1) is 0 Å². The van der Waals surface area contributed by atoms with Crippen LogP contribution < -0.4 is 9.47 Å². The van der Waals surface area contributed by atoms with Crippen molar-refractivity contribution in [2.75, 3.05) is 20.8 Å². The molecule has 0 bridgehead atoms. The predicted octanol–water partition coefficient (Wildman–Crippen LogP) is 5.90. The first-order valence-electron chi connectivity index (χ1n) is 11.0. The number of carbonyl (C=O) groups excluding carboxylic acids is 1. The third kappa shape index (κ3) is 4.65. The Morgan fingerprint density at radius 3 is 2.09 bits per heavy atom. The normalized spacial score (nSPS) is 15.0. The van der Waals surface area contributed by atoms with Crippen LogP contribution in [0.15, 0.2) is 22.2 Å². The van der Waals surface area contributed by atoms with Crippen molar-refractivity contribution in [2.24, 2.45) is 4.02 Å². The molecule has 8 heteroatoms. The summed E-state index contributed by atoms with van der Waals surface area (Å²) in [6.45, 7) is 12.3. The van der Waals surface area contributed by atoms with Crippen molar-refractivity contribution in [1.29, 1.82) is 0 Å². The summed E-state index contributed by atoms with van der Waals surface area (Å²) in [7, 11) is 2.82. The molecule has 0 atom stereocenters. The topological polar surface area (TPSA) is 71.4 Å². The smallest absolute Gasteiger partial charge is 0.197 e. The molecule has 1 aliphatic heterocycles. The van der Waals surface area contributed by atoms with Gasteiger partial charge in [0.1, 0.15) is 11.6 Å². The van der Waals surface area contributed by atoms with Crippen LogP contribution in [0.2, 0.25) is 0 Å². The summed E-state index contributed by atoms with van der Waals surface area (Å²) < 4.78 is 29.8. The van der Waals surface area contributed by atoms with E-state index in [1.165, 1.54) is 14.2 Å². The lowest BCUT2D eigenvalue weighted by Crippen LogP contribution is -2.31. The summed E-state index contributed by atoms with van der Waals surface area (Å²) in [5.41, 5.74) is 2.13. The number of carbonyl (C=O) groups is 1. The predicted molar refractivity (Wildman–Crippen MR) is 135 cm³/mol. The monoisotopic (exact) mass is 534 g/mol. The molecule has 0 aromatic heterocycles. The molecule has 3 rings (SSSR count). The molecule has 0 amide bonds. The van der Waals surface area contributed by atoms with E-state index in [2.05, 4.69) is 20.2 Å². The molecule has 0 saturated heterocycles. The maximum Gasteiger partial charge on any atom is 0.197 e. The van der Waals surface area contributed by atoms with Gasteiger partial charge in [-0.25, -0.2) is 4.39 Å². The van der Waals surface area contributed by atoms with Crippen LogP contribution in [0, 0.1) is 5.82 Å². The van der Waals surface area contributed by atoms with Gasteiger partial charge in [0.2, 0.25) is 0 Å². The first kappa shape index (κ1) is 26.0. The number of benzene rings is 2. The number of ketones is 1. The highest BCUT2D eigenvalue weighted by Gasteiger charge is 2.34. The van der Waals surface area contributed by atoms with Crippen LogP contribution >= 0.6 is 16.1 Å². The molecular weight excluding hydrogens is 503 g/mol. The summed E-state index contributed by atoms with van der Waals surface area (Å²) in [6, 6.07) is 5.22. The summed E-state index contributed by atoms with van der Waals surface area (Å²) in [5.74, 6) is 0.0634. The molecule has 6 nitrogen and oxygen atoms in total. The molecule has 34 heavy (non-hydrogen) atoms. The molecule has 1 N–H and O–H groups in total. The second kappa shape index (κ2) is 9.21. The lowest BCUT2D eigenvalue weighted by atomic mass is 9.78. The van der Waals surface area contributed by atoms with Gasteiger partial charge in [-0.2, -0.15) is 4.02 Å². The zero-order chi connectivity index (χ0) is 25.6. The van der Waals surface area contributed by atoms with Crippen LogP contribution in [0.4, 0.5) is 4.39 Å². The minimum Gasteiger partial charge on any atom is -0.507 e. The third-order valence-corrected chi connectivity index (χ3v) is 6.38. The molecular formula is C26H32BrFN2O4. The molecule has 0 fully saturated rings. The Kier molecular flexibility index (Phi) is 7.04. The molecule has 0 saturated carbocycles. The summed E-state index contributed by atoms with van der Waals surface area (Å²) in [4.78, 5) is 15.2. The molecule has 0 spiro atoms. The number of hydrogen-bond donors (Lipinski definition) is 1. The van der Waals surface area contributed by atoms with Gasteiger partial charge in [-0.3, -0.25) is 4.79 Å². The molecule has 184 valence electrons. The van der Waals surface area contributed by atoms with Gasteiger partial charge in [0.05, 0.1) is 42.5 Å². The summed E-state index contributed by atoms with van der Waals surface area (Å²) in [5, 5.41) is 11.0. The van der Waals surface area contributed by atoms with Gasteiger partial charge < -0.3 is 19.5 Å². The van der Waals surface area contributed by atoms with Crippen molar-refractivity contribution >= 4 is 27.8 Å². The van der Waals surface area contributed by atoms with Crippen LogP contribution in [0.1, 0.15) is 74.2 Å². The minimum absolute atomic E-state index is 0.00810. The van der Waals surface area contributed by atoms with Gasteiger partial charge >= 0.3 is 0 Å². The van der Waals surface area contributed by atoms with E-state index in [9.17, 15) is 9.90 Å². The van der Waals surface area contributed by atoms with Crippen molar-refractivity contribution in [3.8, 4) is 17.2 Å². The second-order valence-electron chi connectivity index (χ2n) is 10.6. The third-order valence-electron chi connectivity index (χ3n) is 6.04. The number of rotatable bonds is 5. The standard InChI is InChI=1S/C26H32BrFN2O4/c1-25(2,3)16-9-14(10-17(22(16)32)26(4,5)6)18(31)13-30-12-15-11-19(33-7)23(34-8)21(28)20(15)24(30)29-27/h9-11,32H,12-13H2,1-8H3. The number of phenols is 1. The maximum absolute atomic E-state index is 15.3. The van der Waals surface area contributed by atoms with E-state index in [4.69, 9.17) is 9.47 Å². The Morgan fingerprint density at radius 1 is 1.09 bits per heavy atom. The second-order valence-corrected chi connectivity index (χ2v) is 10.9. The summed E-state index contributed by atoms with van der Waals surface area (Å²) in [6.07, 6.45) is 0. The quantitative estimate of drug-likeness (QED) is 0.483. The lowest BCUT2D eigenvalue weighted by Gasteiger charge is -2.28. The van der Waals surface area contributed by atoms with E-state index in [0.29, 0.717) is 34.6 Å². The largest absolute Gasteiger partial charge is 0.507 e. The fourth-order valence-electron chi connectivity index (χ4n) is 4.24. The number of aromatic hydroxyl groups is 1. The minimum atomic E-state index is -0.584. The van der Waals surface area contributed by atoms with Gasteiger partial charge in [0.25, 0.3) is 0 Å². The van der Waals surface area contributed by atoms with E-state index in [0.717, 1.165) is 0 Å². The highest BCUT2D eigenvalue weighted by molar-refractivity contribution is 9.08. The first-order valence-corrected chi connectivity index (χ1v) is 11.7. The Labute approximate surface area is 209 Å². The Morgan fingerprint density at radius 2 is 1.65 bits per heavy atom. The van der Waals surface area contributed by atoms with E-state index in [-0.39, 0.29) is 46.0 Å². The van der Waals surface area contributed by atoms with E-state index in [1.807, 2.05) is 41.5 Å². The number of ether oxygens (including phenoxy) is 2. The zero-order valence-corrected chi connectivity index (χ0v) is 22.6. The number of Topliss-reactive ketones (excluding diaryl/α,β-unsaturated/α-hetero) is 1. The Hall–Kier alpha value is -2.61. The highest BCUT2D eigenvalue weighted by atomic mass is 79.9. The molecule has 1 aliphatic rings. The Balaban J connectivity index is 2.02. The van der Waals surface area contributed by atoms with Crippen LogP contribution in [-0.2, 0) is 17.4 Å². The number of amidine groups is 1. The SMILES string of the molecule is COc1cc2c(c(F)c1OC)C(=NBr)N(CC(=O)c1cc(C(C)(C)C)c(O)c(C(C)(C)C)c1)C2. The molecule has 0 unspecified atom stereocenters. The number of halogens is 2. The van der Waals surface area contributed by atoms with Crippen molar-refractivity contribution in [2.45, 2.75) is 58.9 Å². The zero-order valence-electron chi connectivity index (χ0n) is 21.0. The van der Waals surface area contributed by atoms with Crippen LogP contribution in [-0.4, -0.2) is 42.4 Å². The fraction of sp³-hybridized carbons (Fsp3) is 0.462. The van der Waals surface area contributed by atoms with Gasteiger partial charge in [-0.05, 0) is 34.6 Å². The van der Waals surface area contributed by atoms with E-state index < -0.39 is 5.82 Å². The van der Waals surface area contributed by atoms with Gasteiger partial charge in [0, 0.05) is 23.2 Å². The average Bonchev–Trinajstić information content (AvgIpc) is 3.08. The molecule has 1 heterocycles. The van der Waals surface area contributed by atoms with Crippen LogP contribution in [0.3, 0.4) is 0 Å². The van der Waals surface area contributed by atoms with E-state index >= 15 is 4.39 Å². The number of methoxy groups -OCH3 is 2. The first-order chi connectivity index (χ1) is 15.7. The van der Waals surface area contributed by atoms with Crippen LogP contribution in [0.5, 0.6) is 17.2 Å². The van der Waals surface area contributed by atoms with E-state index in [1.54, 1.807) is 23.1 Å². The molecule has 2 aromatic carbocycles. The average molecular weight is 535 g/mol. The molecule has 0 aliphatic carbocycles. The van der Waals surface area contributed by atoms with Crippen molar-refractivity contribution in [1.82, 2.24) is 4.90 Å². The fourth-order valence-corrected chi connectivity index (χ4v) is 4.64. The van der Waals surface area contributed by atoms with Crippen LogP contribution in [0.25, 0.3) is 0 Å². The molecule has 0 radical (unpaired) electrons. The summed E-state index contributed by atoms with van der Waals surface area (Å²) >= 11 is 3.10. The maximum atomic E-state index is 15.3. The molecule has 2 aromatic rings. The number of phenolic OH excluding ortho intramolecular Hbond substituents is 1. The number of nitrogens with zero attached hydrogens (tertiary/aromatic N) is 2.